The normalized spacial score (nSPS) is 18.4. The van der Waals surface area contributed by atoms with Crippen LogP contribution >= 0.6 is 0 Å². The Morgan fingerprint density at radius 2 is 2.04 bits per heavy atom. The monoisotopic (exact) mass is 313 g/mol. The lowest BCUT2D eigenvalue weighted by molar-refractivity contribution is -0.121. The molecular formula is C16H19N5O2. The molecule has 1 aliphatic rings. The smallest absolute Gasteiger partial charge is 0.256 e. The summed E-state index contributed by atoms with van der Waals surface area (Å²) in [7, 11) is 0. The van der Waals surface area contributed by atoms with Gasteiger partial charge in [0.2, 0.25) is 5.91 Å². The van der Waals surface area contributed by atoms with Gasteiger partial charge < -0.3 is 10.2 Å². The molecule has 2 heterocycles. The minimum Gasteiger partial charge on any atom is -0.354 e. The summed E-state index contributed by atoms with van der Waals surface area (Å²) in [5, 5.41) is 11.0. The number of carbonyl (C=O) groups excluding carboxylic acids is 2. The van der Waals surface area contributed by atoms with E-state index in [0.717, 1.165) is 5.56 Å². The molecule has 0 unspecified atom stereocenters. The molecule has 3 rings (SSSR count). The minimum atomic E-state index is -0.149. The van der Waals surface area contributed by atoms with E-state index >= 15 is 0 Å². The summed E-state index contributed by atoms with van der Waals surface area (Å²) < 4.78 is 0. The van der Waals surface area contributed by atoms with Gasteiger partial charge in [-0.2, -0.15) is 15.0 Å². The van der Waals surface area contributed by atoms with Crippen LogP contribution in [-0.2, 0) is 4.79 Å². The highest BCUT2D eigenvalue weighted by Crippen LogP contribution is 2.20. The fraction of sp³-hybridized carbons (Fsp3) is 0.375. The van der Waals surface area contributed by atoms with Crippen LogP contribution in [-0.4, -0.2) is 50.8 Å². The number of nitrogens with one attached hydrogen (secondary N) is 1. The largest absolute Gasteiger partial charge is 0.354 e. The summed E-state index contributed by atoms with van der Waals surface area (Å²) in [6.07, 6.45) is 3.46. The van der Waals surface area contributed by atoms with Crippen molar-refractivity contribution in [3.63, 3.8) is 0 Å². The molecule has 7 heteroatoms. The summed E-state index contributed by atoms with van der Waals surface area (Å²) >= 11 is 0. The summed E-state index contributed by atoms with van der Waals surface area (Å²) in [5.74, 6) is -0.129. The van der Waals surface area contributed by atoms with E-state index in [-0.39, 0.29) is 17.9 Å². The van der Waals surface area contributed by atoms with Crippen LogP contribution in [0.2, 0.25) is 0 Å². The molecule has 1 aromatic carbocycles. The first-order valence-corrected chi connectivity index (χ1v) is 7.61. The van der Waals surface area contributed by atoms with Gasteiger partial charge in [0.15, 0.2) is 0 Å². The molecule has 0 saturated carbocycles. The van der Waals surface area contributed by atoms with Crippen molar-refractivity contribution >= 4 is 11.8 Å². The van der Waals surface area contributed by atoms with E-state index in [4.69, 9.17) is 0 Å². The van der Waals surface area contributed by atoms with E-state index in [0.29, 0.717) is 30.8 Å². The molecule has 0 aliphatic carbocycles. The van der Waals surface area contributed by atoms with Gasteiger partial charge in [-0.1, -0.05) is 11.6 Å². The van der Waals surface area contributed by atoms with Crippen LogP contribution in [0, 0.1) is 6.92 Å². The Bertz CT molecular complexity index is 726. The number of amides is 2. The molecular weight excluding hydrogens is 294 g/mol. The first-order valence-electron chi connectivity index (χ1n) is 7.61. The van der Waals surface area contributed by atoms with Crippen LogP contribution in [0.15, 0.2) is 30.6 Å². The number of hydrogen-bond donors (Lipinski definition) is 1. The van der Waals surface area contributed by atoms with E-state index < -0.39 is 0 Å². The molecule has 1 N–H and O–H groups in total. The van der Waals surface area contributed by atoms with Crippen molar-refractivity contribution in [3.05, 3.63) is 41.7 Å². The number of hydrogen-bond acceptors (Lipinski definition) is 4. The van der Waals surface area contributed by atoms with Gasteiger partial charge in [0, 0.05) is 25.6 Å². The lowest BCUT2D eigenvalue weighted by Crippen LogP contribution is -2.40. The van der Waals surface area contributed by atoms with Crippen LogP contribution < -0.4 is 5.32 Å². The highest BCUT2D eigenvalue weighted by molar-refractivity contribution is 5.98. The van der Waals surface area contributed by atoms with Gasteiger partial charge >= 0.3 is 0 Å². The Morgan fingerprint density at radius 1 is 1.30 bits per heavy atom. The average Bonchev–Trinajstić information content (AvgIpc) is 2.99. The van der Waals surface area contributed by atoms with Gasteiger partial charge in [-0.15, -0.1) is 0 Å². The van der Waals surface area contributed by atoms with E-state index in [9.17, 15) is 9.59 Å². The molecule has 1 aromatic heterocycles. The van der Waals surface area contributed by atoms with E-state index in [1.807, 2.05) is 32.0 Å². The summed E-state index contributed by atoms with van der Waals surface area (Å²) in [4.78, 5) is 27.9. The zero-order chi connectivity index (χ0) is 16.4. The Morgan fingerprint density at radius 3 is 2.78 bits per heavy atom. The zero-order valence-corrected chi connectivity index (χ0v) is 13.2. The molecule has 0 bridgehead atoms. The second-order valence-corrected chi connectivity index (χ2v) is 5.74. The number of carbonyl (C=O) groups is 2. The van der Waals surface area contributed by atoms with Crippen molar-refractivity contribution in [2.75, 3.05) is 13.1 Å². The topological polar surface area (TPSA) is 80.1 Å². The van der Waals surface area contributed by atoms with Crippen LogP contribution in [0.25, 0.3) is 5.69 Å². The van der Waals surface area contributed by atoms with Crippen molar-refractivity contribution in [1.82, 2.24) is 25.2 Å². The van der Waals surface area contributed by atoms with Gasteiger partial charge in [0.1, 0.15) is 0 Å². The fourth-order valence-electron chi connectivity index (χ4n) is 2.78. The molecule has 23 heavy (non-hydrogen) atoms. The SMILES string of the molecule is Cc1ccc(-n2nccn2)c(C(=O)N2CCNC(=O)C[C@H]2C)c1. The van der Waals surface area contributed by atoms with Gasteiger partial charge in [0.25, 0.3) is 5.91 Å². The van der Waals surface area contributed by atoms with E-state index in [1.165, 1.54) is 4.80 Å². The predicted molar refractivity (Wildman–Crippen MR) is 84.2 cm³/mol. The molecule has 120 valence electrons. The highest BCUT2D eigenvalue weighted by Gasteiger charge is 2.28. The summed E-state index contributed by atoms with van der Waals surface area (Å²) in [6, 6.07) is 5.46. The molecule has 2 aromatic rings. The molecule has 0 spiro atoms. The maximum absolute atomic E-state index is 13.1. The van der Waals surface area contributed by atoms with Gasteiger partial charge in [-0.3, -0.25) is 9.59 Å². The van der Waals surface area contributed by atoms with Gasteiger partial charge in [-0.25, -0.2) is 0 Å². The second kappa shape index (κ2) is 6.20. The molecule has 7 nitrogen and oxygen atoms in total. The van der Waals surface area contributed by atoms with Crippen LogP contribution in [0.4, 0.5) is 0 Å². The van der Waals surface area contributed by atoms with E-state index in [1.54, 1.807) is 17.3 Å². The second-order valence-electron chi connectivity index (χ2n) is 5.74. The first kappa shape index (κ1) is 15.2. The highest BCUT2D eigenvalue weighted by atomic mass is 16.2. The molecule has 1 saturated heterocycles. The lowest BCUT2D eigenvalue weighted by atomic mass is 10.1. The molecule has 2 amide bonds. The van der Waals surface area contributed by atoms with Crippen molar-refractivity contribution in [2.24, 2.45) is 0 Å². The van der Waals surface area contributed by atoms with Crippen LogP contribution in [0.3, 0.4) is 0 Å². The standard InChI is InChI=1S/C16H19N5O2/c1-11-3-4-14(21-18-5-6-19-21)13(9-11)16(23)20-8-7-17-15(22)10-12(20)2/h3-6,9,12H,7-8,10H2,1-2H3,(H,17,22)/t12-/m1/s1. The summed E-state index contributed by atoms with van der Waals surface area (Å²) in [5.41, 5.74) is 2.17. The van der Waals surface area contributed by atoms with Gasteiger partial charge in [-0.05, 0) is 26.0 Å². The average molecular weight is 313 g/mol. The quantitative estimate of drug-likeness (QED) is 0.894. The number of benzene rings is 1. The van der Waals surface area contributed by atoms with Gasteiger partial charge in [0.05, 0.1) is 23.6 Å². The van der Waals surface area contributed by atoms with Crippen molar-refractivity contribution < 1.29 is 9.59 Å². The third-order valence-electron chi connectivity index (χ3n) is 3.97. The Kier molecular flexibility index (Phi) is 4.10. The molecule has 0 radical (unpaired) electrons. The van der Waals surface area contributed by atoms with Crippen LogP contribution in [0.1, 0.15) is 29.3 Å². The number of nitrogens with zero attached hydrogens (tertiary/aromatic N) is 4. The maximum Gasteiger partial charge on any atom is 0.256 e. The Labute approximate surface area is 134 Å². The summed E-state index contributed by atoms with van der Waals surface area (Å²) in [6.45, 7) is 4.79. The number of aromatic nitrogens is 3. The first-order chi connectivity index (χ1) is 11.1. The van der Waals surface area contributed by atoms with Crippen LogP contribution in [0.5, 0.6) is 0 Å². The predicted octanol–water partition coefficient (Wildman–Crippen LogP) is 0.926. The fourth-order valence-corrected chi connectivity index (χ4v) is 2.78. The molecule has 1 aliphatic heterocycles. The number of rotatable bonds is 2. The lowest BCUT2D eigenvalue weighted by Gasteiger charge is -2.27. The van der Waals surface area contributed by atoms with Crippen molar-refractivity contribution in [1.29, 1.82) is 0 Å². The van der Waals surface area contributed by atoms with Crippen molar-refractivity contribution in [2.45, 2.75) is 26.3 Å². The third-order valence-corrected chi connectivity index (χ3v) is 3.97. The van der Waals surface area contributed by atoms with E-state index in [2.05, 4.69) is 15.5 Å². The minimum absolute atomic E-state index is 0.0222. The maximum atomic E-state index is 13.1. The Balaban J connectivity index is 1.98. The third kappa shape index (κ3) is 3.08. The molecule has 1 atom stereocenters. The number of aryl methyl sites for hydroxylation is 1. The Hall–Kier alpha value is -2.70. The zero-order valence-electron chi connectivity index (χ0n) is 13.2. The molecule has 1 fully saturated rings. The van der Waals surface area contributed by atoms with Crippen molar-refractivity contribution in [3.8, 4) is 5.69 Å².